The van der Waals surface area contributed by atoms with Gasteiger partial charge in [-0.15, -0.1) is 0 Å². The summed E-state index contributed by atoms with van der Waals surface area (Å²) in [5, 5.41) is 3.48. The summed E-state index contributed by atoms with van der Waals surface area (Å²) < 4.78 is 34.7. The van der Waals surface area contributed by atoms with Gasteiger partial charge in [0, 0.05) is 19.5 Å². The number of ether oxygens (including phenoxy) is 1. The SMILES string of the molecule is CCNC(=O)[C@H](Cc1ccccc1)N(Cc1ccc(Cl)c(Cl)c1)C(=O)CN(c1ccc(OCC)cc1)S(=O)(=O)c1ccccc1. The van der Waals surface area contributed by atoms with Crippen molar-refractivity contribution >= 4 is 50.7 Å². The molecule has 0 unspecified atom stereocenters. The van der Waals surface area contributed by atoms with Crippen molar-refractivity contribution in [2.24, 2.45) is 0 Å². The summed E-state index contributed by atoms with van der Waals surface area (Å²) in [7, 11) is -4.20. The molecule has 1 atom stereocenters. The fourth-order valence-corrected chi connectivity index (χ4v) is 6.56. The molecular weight excluding hydrogens is 633 g/mol. The Hall–Kier alpha value is -4.05. The first-order chi connectivity index (χ1) is 21.6. The molecule has 0 spiro atoms. The third-order valence-corrected chi connectivity index (χ3v) is 9.53. The first kappa shape index (κ1) is 33.8. The average Bonchev–Trinajstić information content (AvgIpc) is 3.04. The normalized spacial score (nSPS) is 11.8. The minimum absolute atomic E-state index is 0.0206. The lowest BCUT2D eigenvalue weighted by molar-refractivity contribution is -0.140. The quantitative estimate of drug-likeness (QED) is 0.169. The van der Waals surface area contributed by atoms with Crippen LogP contribution in [-0.2, 0) is 32.6 Å². The molecule has 0 heterocycles. The molecule has 4 aromatic carbocycles. The number of nitrogens with one attached hydrogen (secondary N) is 1. The molecule has 8 nitrogen and oxygen atoms in total. The van der Waals surface area contributed by atoms with Crippen LogP contribution in [0.25, 0.3) is 0 Å². The maximum Gasteiger partial charge on any atom is 0.264 e. The number of carbonyl (C=O) groups excluding carboxylic acids is 2. The van der Waals surface area contributed by atoms with Crippen molar-refractivity contribution in [2.75, 3.05) is 24.0 Å². The third kappa shape index (κ3) is 8.78. The molecule has 0 bridgehead atoms. The maximum absolute atomic E-state index is 14.4. The number of anilines is 1. The van der Waals surface area contributed by atoms with Crippen molar-refractivity contribution < 1.29 is 22.7 Å². The first-order valence-electron chi connectivity index (χ1n) is 14.5. The van der Waals surface area contributed by atoms with Crippen LogP contribution in [-0.4, -0.2) is 50.9 Å². The van der Waals surface area contributed by atoms with Crippen molar-refractivity contribution in [3.63, 3.8) is 0 Å². The van der Waals surface area contributed by atoms with E-state index in [9.17, 15) is 18.0 Å². The number of amides is 2. The molecule has 236 valence electrons. The summed E-state index contributed by atoms with van der Waals surface area (Å²) in [5.74, 6) is -0.389. The molecule has 4 aromatic rings. The van der Waals surface area contributed by atoms with Crippen LogP contribution in [0.5, 0.6) is 5.75 Å². The van der Waals surface area contributed by atoms with Gasteiger partial charge < -0.3 is 15.0 Å². The maximum atomic E-state index is 14.4. The van der Waals surface area contributed by atoms with E-state index in [1.807, 2.05) is 37.3 Å². The van der Waals surface area contributed by atoms with Crippen LogP contribution < -0.4 is 14.4 Å². The highest BCUT2D eigenvalue weighted by molar-refractivity contribution is 7.92. The van der Waals surface area contributed by atoms with Crippen LogP contribution in [0.2, 0.25) is 10.0 Å². The van der Waals surface area contributed by atoms with E-state index in [0.717, 1.165) is 9.87 Å². The highest BCUT2D eigenvalue weighted by Crippen LogP contribution is 2.28. The van der Waals surface area contributed by atoms with E-state index in [-0.39, 0.29) is 29.5 Å². The smallest absolute Gasteiger partial charge is 0.264 e. The van der Waals surface area contributed by atoms with E-state index in [1.165, 1.54) is 17.0 Å². The number of hydrogen-bond donors (Lipinski definition) is 1. The lowest BCUT2D eigenvalue weighted by Crippen LogP contribution is -2.53. The second-order valence-electron chi connectivity index (χ2n) is 10.1. The zero-order valence-corrected chi connectivity index (χ0v) is 27.4. The number of sulfonamides is 1. The molecule has 0 fully saturated rings. The van der Waals surface area contributed by atoms with Gasteiger partial charge in [-0.1, -0.05) is 77.8 Å². The summed E-state index contributed by atoms with van der Waals surface area (Å²) in [6, 6.07) is 27.7. The van der Waals surface area contributed by atoms with Crippen molar-refractivity contribution in [1.29, 1.82) is 0 Å². The van der Waals surface area contributed by atoms with Crippen LogP contribution in [0.3, 0.4) is 0 Å². The number of rotatable bonds is 14. The van der Waals surface area contributed by atoms with Crippen LogP contribution in [0.1, 0.15) is 25.0 Å². The molecule has 1 N–H and O–H groups in total. The number of halogens is 2. The fourth-order valence-electron chi connectivity index (χ4n) is 4.80. The van der Waals surface area contributed by atoms with E-state index in [1.54, 1.807) is 67.6 Å². The summed E-state index contributed by atoms with van der Waals surface area (Å²) in [6.07, 6.45) is 0.203. The van der Waals surface area contributed by atoms with Gasteiger partial charge in [-0.25, -0.2) is 8.42 Å². The zero-order valence-electron chi connectivity index (χ0n) is 25.0. The molecule has 0 aliphatic carbocycles. The van der Waals surface area contributed by atoms with Crippen LogP contribution in [0.15, 0.2) is 108 Å². The number of carbonyl (C=O) groups is 2. The minimum atomic E-state index is -4.20. The van der Waals surface area contributed by atoms with Crippen molar-refractivity contribution in [3.05, 3.63) is 124 Å². The molecule has 4 rings (SSSR count). The van der Waals surface area contributed by atoms with E-state index >= 15 is 0 Å². The second-order valence-corrected chi connectivity index (χ2v) is 12.8. The molecular formula is C34H35Cl2N3O5S. The number of hydrogen-bond acceptors (Lipinski definition) is 5. The average molecular weight is 669 g/mol. The summed E-state index contributed by atoms with van der Waals surface area (Å²) >= 11 is 12.5. The number of benzene rings is 4. The molecule has 45 heavy (non-hydrogen) atoms. The molecule has 0 radical (unpaired) electrons. The first-order valence-corrected chi connectivity index (χ1v) is 16.7. The van der Waals surface area contributed by atoms with E-state index in [0.29, 0.717) is 34.5 Å². The van der Waals surface area contributed by atoms with E-state index in [4.69, 9.17) is 27.9 Å². The van der Waals surface area contributed by atoms with Crippen LogP contribution in [0.4, 0.5) is 5.69 Å². The summed E-state index contributed by atoms with van der Waals surface area (Å²) in [4.78, 5) is 29.4. The van der Waals surface area contributed by atoms with Gasteiger partial charge >= 0.3 is 0 Å². The Balaban J connectivity index is 1.80. The number of nitrogens with zero attached hydrogens (tertiary/aromatic N) is 2. The molecule has 0 saturated heterocycles. The second kappa shape index (κ2) is 15.8. The standard InChI is InChI=1S/C34H35Cl2N3O5S/c1-3-37-34(41)32(22-25-11-7-5-8-12-25)38(23-26-15-20-30(35)31(36)21-26)33(40)24-39(27-16-18-28(19-17-27)44-4-2)45(42,43)29-13-9-6-10-14-29/h5-21,32H,3-4,22-24H2,1-2H3,(H,37,41)/t32-/m0/s1. The highest BCUT2D eigenvalue weighted by atomic mass is 35.5. The topological polar surface area (TPSA) is 96.0 Å². The minimum Gasteiger partial charge on any atom is -0.494 e. The molecule has 0 aliphatic heterocycles. The molecule has 11 heteroatoms. The Bertz CT molecular complexity index is 1690. The summed E-state index contributed by atoms with van der Waals surface area (Å²) in [6.45, 7) is 3.84. The zero-order chi connectivity index (χ0) is 32.4. The van der Waals surface area contributed by atoms with Gasteiger partial charge in [0.1, 0.15) is 18.3 Å². The van der Waals surface area contributed by atoms with Crippen molar-refractivity contribution in [3.8, 4) is 5.75 Å². The molecule has 0 aromatic heterocycles. The fraction of sp³-hybridized carbons (Fsp3) is 0.235. The largest absolute Gasteiger partial charge is 0.494 e. The Morgan fingerprint density at radius 2 is 1.47 bits per heavy atom. The summed E-state index contributed by atoms with van der Waals surface area (Å²) in [5.41, 5.74) is 1.72. The van der Waals surface area contributed by atoms with Crippen molar-refractivity contribution in [1.82, 2.24) is 10.2 Å². The van der Waals surface area contributed by atoms with Gasteiger partial charge in [0.25, 0.3) is 10.0 Å². The third-order valence-electron chi connectivity index (χ3n) is 7.00. The predicted octanol–water partition coefficient (Wildman–Crippen LogP) is 6.36. The monoisotopic (exact) mass is 667 g/mol. The van der Waals surface area contributed by atoms with Crippen LogP contribution in [0, 0.1) is 0 Å². The van der Waals surface area contributed by atoms with Gasteiger partial charge in [-0.2, -0.15) is 0 Å². The Morgan fingerprint density at radius 3 is 2.07 bits per heavy atom. The van der Waals surface area contributed by atoms with Gasteiger partial charge in [-0.3, -0.25) is 13.9 Å². The highest BCUT2D eigenvalue weighted by Gasteiger charge is 2.34. The van der Waals surface area contributed by atoms with Gasteiger partial charge in [0.2, 0.25) is 11.8 Å². The molecule has 0 aliphatic rings. The Labute approximate surface area is 274 Å². The van der Waals surface area contributed by atoms with Gasteiger partial charge in [0.05, 0.1) is 27.2 Å². The van der Waals surface area contributed by atoms with Crippen molar-refractivity contribution in [2.45, 2.75) is 37.8 Å². The van der Waals surface area contributed by atoms with Crippen LogP contribution >= 0.6 is 23.2 Å². The number of likely N-dealkylation sites (N-methyl/N-ethyl adjacent to an activating group) is 1. The van der Waals surface area contributed by atoms with Gasteiger partial charge in [-0.05, 0) is 73.5 Å². The van der Waals surface area contributed by atoms with E-state index in [2.05, 4.69) is 5.32 Å². The Morgan fingerprint density at radius 1 is 0.822 bits per heavy atom. The van der Waals surface area contributed by atoms with E-state index < -0.39 is 28.5 Å². The Kier molecular flexibility index (Phi) is 11.9. The lowest BCUT2D eigenvalue weighted by Gasteiger charge is -2.34. The molecule has 0 saturated carbocycles. The van der Waals surface area contributed by atoms with Gasteiger partial charge in [0.15, 0.2) is 0 Å². The predicted molar refractivity (Wildman–Crippen MR) is 178 cm³/mol. The lowest BCUT2D eigenvalue weighted by atomic mass is 10.0. The molecule has 2 amide bonds.